The molecule has 6 heteroatoms. The van der Waals surface area contributed by atoms with E-state index < -0.39 is 5.97 Å². The van der Waals surface area contributed by atoms with Crippen LogP contribution in [0.15, 0.2) is 59.0 Å². The topological polar surface area (TPSA) is 72.6 Å². The molecule has 0 N–H and O–H groups in total. The number of anilines is 1. The molecule has 0 atom stereocenters. The van der Waals surface area contributed by atoms with Gasteiger partial charge in [0.15, 0.2) is 12.3 Å². The van der Waals surface area contributed by atoms with Gasteiger partial charge in [-0.05, 0) is 37.1 Å². The van der Waals surface area contributed by atoms with Crippen molar-refractivity contribution >= 4 is 17.6 Å². The molecule has 0 radical (unpaired) electrons. The number of oxazole rings is 1. The fourth-order valence-corrected chi connectivity index (χ4v) is 3.16. The number of para-hydroxylation sites is 1. The third kappa shape index (κ3) is 3.33. The Morgan fingerprint density at radius 1 is 1.11 bits per heavy atom. The predicted molar refractivity (Wildman–Crippen MR) is 99.5 cm³/mol. The minimum Gasteiger partial charge on any atom is -0.451 e. The first-order valence-corrected chi connectivity index (χ1v) is 8.72. The van der Waals surface area contributed by atoms with Gasteiger partial charge in [-0.3, -0.25) is 4.79 Å². The van der Waals surface area contributed by atoms with Crippen LogP contribution >= 0.6 is 0 Å². The van der Waals surface area contributed by atoms with Crippen LogP contribution in [0.4, 0.5) is 5.69 Å². The number of hydrogen-bond acceptors (Lipinski definition) is 5. The molecule has 0 fully saturated rings. The number of aromatic nitrogens is 1. The number of amides is 1. The average molecular weight is 362 g/mol. The van der Waals surface area contributed by atoms with Gasteiger partial charge < -0.3 is 14.1 Å². The first kappa shape index (κ1) is 17.0. The number of carbonyl (C=O) groups is 2. The summed E-state index contributed by atoms with van der Waals surface area (Å²) in [5, 5.41) is 0. The van der Waals surface area contributed by atoms with Crippen molar-refractivity contribution in [2.24, 2.45) is 0 Å². The normalized spacial score (nSPS) is 12.7. The van der Waals surface area contributed by atoms with E-state index in [1.165, 1.54) is 0 Å². The Balaban J connectivity index is 1.43. The molecule has 1 aliphatic rings. The smallest absolute Gasteiger partial charge is 0.361 e. The zero-order valence-electron chi connectivity index (χ0n) is 14.8. The summed E-state index contributed by atoms with van der Waals surface area (Å²) in [6.45, 7) is 1.91. The molecule has 27 heavy (non-hydrogen) atoms. The number of aryl methyl sites for hydroxylation is 1. The van der Waals surface area contributed by atoms with E-state index in [0.717, 1.165) is 23.2 Å². The van der Waals surface area contributed by atoms with Gasteiger partial charge in [0.05, 0.1) is 0 Å². The van der Waals surface area contributed by atoms with E-state index in [-0.39, 0.29) is 18.2 Å². The number of nitrogens with zero attached hydrogens (tertiary/aromatic N) is 2. The summed E-state index contributed by atoms with van der Waals surface area (Å²) in [7, 11) is 0. The maximum atomic E-state index is 12.5. The van der Waals surface area contributed by atoms with Crippen LogP contribution in [0.25, 0.3) is 11.5 Å². The Labute approximate surface area is 156 Å². The van der Waals surface area contributed by atoms with Crippen molar-refractivity contribution < 1.29 is 18.7 Å². The van der Waals surface area contributed by atoms with Crippen molar-refractivity contribution in [3.05, 3.63) is 71.6 Å². The molecule has 3 aromatic rings. The van der Waals surface area contributed by atoms with Gasteiger partial charge in [-0.1, -0.05) is 36.4 Å². The van der Waals surface area contributed by atoms with E-state index in [9.17, 15) is 9.59 Å². The van der Waals surface area contributed by atoms with E-state index in [1.54, 1.807) is 11.8 Å². The van der Waals surface area contributed by atoms with Gasteiger partial charge in [0.2, 0.25) is 5.89 Å². The lowest BCUT2D eigenvalue weighted by molar-refractivity contribution is -0.121. The molecule has 0 saturated heterocycles. The second-order valence-corrected chi connectivity index (χ2v) is 6.29. The van der Waals surface area contributed by atoms with E-state index in [1.807, 2.05) is 54.6 Å². The molecule has 2 aromatic carbocycles. The Hall–Kier alpha value is -3.41. The van der Waals surface area contributed by atoms with Crippen LogP contribution in [0, 0.1) is 6.92 Å². The maximum absolute atomic E-state index is 12.5. The zero-order valence-corrected chi connectivity index (χ0v) is 14.8. The van der Waals surface area contributed by atoms with Gasteiger partial charge in [-0.25, -0.2) is 9.78 Å². The molecule has 1 amide bonds. The number of carbonyl (C=O) groups excluding carboxylic acids is 2. The summed E-state index contributed by atoms with van der Waals surface area (Å²) in [4.78, 5) is 30.7. The summed E-state index contributed by atoms with van der Waals surface area (Å²) in [5.41, 5.74) is 2.85. The van der Waals surface area contributed by atoms with E-state index >= 15 is 0 Å². The van der Waals surface area contributed by atoms with Crippen LogP contribution in [0.1, 0.15) is 21.8 Å². The summed E-state index contributed by atoms with van der Waals surface area (Å²) >= 11 is 0. The highest BCUT2D eigenvalue weighted by Gasteiger charge is 2.26. The molecule has 1 aromatic heterocycles. The molecular formula is C21H18N2O4. The number of hydrogen-bond donors (Lipinski definition) is 0. The summed E-state index contributed by atoms with van der Waals surface area (Å²) < 4.78 is 10.8. The number of ether oxygens (including phenoxy) is 1. The molecule has 0 spiro atoms. The van der Waals surface area contributed by atoms with E-state index in [0.29, 0.717) is 18.2 Å². The van der Waals surface area contributed by atoms with Gasteiger partial charge in [-0.15, -0.1) is 0 Å². The van der Waals surface area contributed by atoms with Crippen molar-refractivity contribution in [2.45, 2.75) is 13.3 Å². The molecule has 1 aliphatic heterocycles. The first-order valence-electron chi connectivity index (χ1n) is 8.72. The molecule has 2 heterocycles. The van der Waals surface area contributed by atoms with Crippen LogP contribution < -0.4 is 4.90 Å². The number of esters is 1. The quantitative estimate of drug-likeness (QED) is 0.665. The van der Waals surface area contributed by atoms with Gasteiger partial charge >= 0.3 is 5.97 Å². The van der Waals surface area contributed by atoms with Gasteiger partial charge in [0.25, 0.3) is 5.91 Å². The number of benzene rings is 2. The minimum absolute atomic E-state index is 0.0866. The lowest BCUT2D eigenvalue weighted by atomic mass is 10.2. The predicted octanol–water partition coefficient (Wildman–Crippen LogP) is 3.40. The van der Waals surface area contributed by atoms with Crippen LogP contribution in [0.2, 0.25) is 0 Å². The summed E-state index contributed by atoms with van der Waals surface area (Å²) in [5.74, 6) is -0.213. The standard InChI is InChI=1S/C21H18N2O4/c1-14-19(22-20(27-14)16-8-3-2-4-9-16)21(25)26-13-18(24)23-12-11-15-7-5-6-10-17(15)23/h2-10H,11-13H2,1H3. The lowest BCUT2D eigenvalue weighted by Gasteiger charge is -2.16. The highest BCUT2D eigenvalue weighted by Crippen LogP contribution is 2.27. The minimum atomic E-state index is -0.667. The Morgan fingerprint density at radius 3 is 2.67 bits per heavy atom. The van der Waals surface area contributed by atoms with Gasteiger partial charge in [0.1, 0.15) is 5.76 Å². The molecule has 136 valence electrons. The molecule has 4 rings (SSSR count). The van der Waals surface area contributed by atoms with E-state index in [4.69, 9.17) is 9.15 Å². The fraction of sp³-hybridized carbons (Fsp3) is 0.190. The zero-order chi connectivity index (χ0) is 18.8. The summed E-state index contributed by atoms with van der Waals surface area (Å²) in [6.07, 6.45) is 0.804. The Morgan fingerprint density at radius 2 is 1.85 bits per heavy atom. The highest BCUT2D eigenvalue weighted by atomic mass is 16.5. The monoisotopic (exact) mass is 362 g/mol. The van der Waals surface area contributed by atoms with Crippen molar-refractivity contribution in [1.82, 2.24) is 4.98 Å². The van der Waals surface area contributed by atoms with Gasteiger partial charge in [0, 0.05) is 17.8 Å². The van der Waals surface area contributed by atoms with Crippen molar-refractivity contribution in [1.29, 1.82) is 0 Å². The van der Waals surface area contributed by atoms with E-state index in [2.05, 4.69) is 4.98 Å². The van der Waals surface area contributed by atoms with Gasteiger partial charge in [-0.2, -0.15) is 0 Å². The fourth-order valence-electron chi connectivity index (χ4n) is 3.16. The van der Waals surface area contributed by atoms with Crippen molar-refractivity contribution in [3.63, 3.8) is 0 Å². The molecule has 0 saturated carbocycles. The lowest BCUT2D eigenvalue weighted by Crippen LogP contribution is -2.33. The highest BCUT2D eigenvalue weighted by molar-refractivity contribution is 5.98. The second kappa shape index (κ2) is 7.07. The molecular weight excluding hydrogens is 344 g/mol. The largest absolute Gasteiger partial charge is 0.451 e. The van der Waals surface area contributed by atoms with Crippen molar-refractivity contribution in [2.75, 3.05) is 18.1 Å². The molecule has 0 aliphatic carbocycles. The third-order valence-corrected chi connectivity index (χ3v) is 4.53. The van der Waals surface area contributed by atoms with Crippen LogP contribution in [0.5, 0.6) is 0 Å². The average Bonchev–Trinajstić information content (AvgIpc) is 3.30. The van der Waals surface area contributed by atoms with Crippen LogP contribution in [-0.2, 0) is 16.0 Å². The second-order valence-electron chi connectivity index (χ2n) is 6.29. The van der Waals surface area contributed by atoms with Crippen LogP contribution in [-0.4, -0.2) is 30.0 Å². The molecule has 0 unspecified atom stereocenters. The maximum Gasteiger partial charge on any atom is 0.361 e. The number of rotatable bonds is 4. The molecule has 6 nitrogen and oxygen atoms in total. The molecule has 0 bridgehead atoms. The SMILES string of the molecule is Cc1oc(-c2ccccc2)nc1C(=O)OCC(=O)N1CCc2ccccc21. The third-order valence-electron chi connectivity index (χ3n) is 4.53. The first-order chi connectivity index (χ1) is 13.1. The Bertz CT molecular complexity index is 994. The summed E-state index contributed by atoms with van der Waals surface area (Å²) in [6, 6.07) is 17.0. The Kier molecular flexibility index (Phi) is 4.46. The number of fused-ring (bicyclic) bond motifs is 1. The van der Waals surface area contributed by atoms with Crippen molar-refractivity contribution in [3.8, 4) is 11.5 Å². The van der Waals surface area contributed by atoms with Crippen LogP contribution in [0.3, 0.4) is 0 Å².